The molecular weight excluding hydrogens is 384 g/mol. The zero-order valence-corrected chi connectivity index (χ0v) is 17.4. The average Bonchev–Trinajstić information content (AvgIpc) is 2.85. The Balaban J connectivity index is 1.63. The van der Waals surface area contributed by atoms with Crippen LogP contribution in [0.15, 0.2) is 18.2 Å². The van der Waals surface area contributed by atoms with Crippen molar-refractivity contribution in [1.29, 1.82) is 0 Å². The summed E-state index contributed by atoms with van der Waals surface area (Å²) in [5.74, 6) is -1.40. The molecule has 1 aromatic rings. The van der Waals surface area contributed by atoms with Crippen molar-refractivity contribution < 1.29 is 19.2 Å². The molecule has 30 heavy (non-hydrogen) atoms. The van der Waals surface area contributed by atoms with Crippen LogP contribution in [0.5, 0.6) is 0 Å². The molecule has 0 spiro atoms. The van der Waals surface area contributed by atoms with Gasteiger partial charge in [-0.3, -0.25) is 34.3 Å². The van der Waals surface area contributed by atoms with E-state index in [1.807, 2.05) is 6.07 Å². The first-order chi connectivity index (χ1) is 14.4. The molecule has 2 saturated heterocycles. The molecular formula is C22H28N4O4. The normalized spacial score (nSPS) is 25.5. The zero-order valence-electron chi connectivity index (χ0n) is 17.4. The van der Waals surface area contributed by atoms with Gasteiger partial charge in [0.1, 0.15) is 6.04 Å². The van der Waals surface area contributed by atoms with E-state index >= 15 is 0 Å². The zero-order chi connectivity index (χ0) is 21.4. The molecule has 4 rings (SSSR count). The molecule has 8 nitrogen and oxygen atoms in total. The minimum absolute atomic E-state index is 0.119. The Morgan fingerprint density at radius 2 is 1.93 bits per heavy atom. The van der Waals surface area contributed by atoms with Crippen LogP contribution < -0.4 is 10.6 Å². The van der Waals surface area contributed by atoms with Crippen molar-refractivity contribution in [3.05, 3.63) is 34.9 Å². The van der Waals surface area contributed by atoms with Crippen molar-refractivity contribution in [2.24, 2.45) is 5.92 Å². The molecule has 2 fully saturated rings. The summed E-state index contributed by atoms with van der Waals surface area (Å²) >= 11 is 0. The summed E-state index contributed by atoms with van der Waals surface area (Å²) in [5.41, 5.74) is 1.55. The van der Waals surface area contributed by atoms with Crippen LogP contribution in [-0.4, -0.2) is 65.1 Å². The highest BCUT2D eigenvalue weighted by Gasteiger charge is 2.45. The second kappa shape index (κ2) is 8.28. The lowest BCUT2D eigenvalue weighted by Gasteiger charge is -2.33. The van der Waals surface area contributed by atoms with Crippen molar-refractivity contribution >= 4 is 23.6 Å². The quantitative estimate of drug-likeness (QED) is 0.714. The summed E-state index contributed by atoms with van der Waals surface area (Å²) in [6.07, 6.45) is 1.31. The Morgan fingerprint density at radius 3 is 2.67 bits per heavy atom. The lowest BCUT2D eigenvalue weighted by Crippen LogP contribution is -2.54. The third-order valence-corrected chi connectivity index (χ3v) is 6.32. The first-order valence-corrected chi connectivity index (χ1v) is 10.7. The number of nitrogens with zero attached hydrogens (tertiary/aromatic N) is 2. The molecule has 1 aromatic carbocycles. The van der Waals surface area contributed by atoms with E-state index in [0.717, 1.165) is 36.5 Å². The van der Waals surface area contributed by atoms with E-state index in [0.29, 0.717) is 29.6 Å². The van der Waals surface area contributed by atoms with Gasteiger partial charge in [0.05, 0.1) is 11.1 Å². The largest absolute Gasteiger partial charge is 0.315 e. The topological polar surface area (TPSA) is 98.8 Å². The first kappa shape index (κ1) is 20.7. The van der Waals surface area contributed by atoms with E-state index in [9.17, 15) is 19.2 Å². The number of imide groups is 2. The Labute approximate surface area is 176 Å². The number of amides is 4. The molecule has 8 heteroatoms. The van der Waals surface area contributed by atoms with E-state index < -0.39 is 23.8 Å². The van der Waals surface area contributed by atoms with Gasteiger partial charge >= 0.3 is 0 Å². The summed E-state index contributed by atoms with van der Waals surface area (Å²) < 4.78 is 0. The van der Waals surface area contributed by atoms with Gasteiger partial charge in [-0.2, -0.15) is 0 Å². The maximum absolute atomic E-state index is 13.3. The van der Waals surface area contributed by atoms with Crippen LogP contribution in [0.2, 0.25) is 0 Å². The van der Waals surface area contributed by atoms with E-state index in [4.69, 9.17) is 0 Å². The van der Waals surface area contributed by atoms with Crippen molar-refractivity contribution in [1.82, 2.24) is 20.4 Å². The molecule has 0 aromatic heterocycles. The third-order valence-electron chi connectivity index (χ3n) is 6.32. The second-order valence-electron chi connectivity index (χ2n) is 8.63. The summed E-state index contributed by atoms with van der Waals surface area (Å²) in [4.78, 5) is 53.5. The summed E-state index contributed by atoms with van der Waals surface area (Å²) in [7, 11) is 0. The van der Waals surface area contributed by atoms with Crippen molar-refractivity contribution in [2.75, 3.05) is 19.6 Å². The van der Waals surface area contributed by atoms with Gasteiger partial charge in [0, 0.05) is 32.1 Å². The Hall–Kier alpha value is -2.58. The molecule has 0 aliphatic carbocycles. The maximum atomic E-state index is 13.3. The molecule has 0 saturated carbocycles. The molecule has 160 valence electrons. The van der Waals surface area contributed by atoms with Crippen LogP contribution in [0.25, 0.3) is 0 Å². The Kier molecular flexibility index (Phi) is 5.71. The number of carbonyl (C=O) groups is 4. The van der Waals surface area contributed by atoms with Gasteiger partial charge in [-0.05, 0) is 36.9 Å². The van der Waals surface area contributed by atoms with E-state index in [1.165, 1.54) is 0 Å². The van der Waals surface area contributed by atoms with Crippen LogP contribution in [0, 0.1) is 5.92 Å². The minimum atomic E-state index is -0.936. The van der Waals surface area contributed by atoms with Crippen LogP contribution in [0.3, 0.4) is 0 Å². The van der Waals surface area contributed by atoms with E-state index in [-0.39, 0.29) is 18.7 Å². The van der Waals surface area contributed by atoms with Gasteiger partial charge in [0.25, 0.3) is 11.8 Å². The highest BCUT2D eigenvalue weighted by molar-refractivity contribution is 6.24. The fourth-order valence-electron chi connectivity index (χ4n) is 4.74. The number of hydrogen-bond acceptors (Lipinski definition) is 6. The molecule has 3 aliphatic heterocycles. The van der Waals surface area contributed by atoms with Gasteiger partial charge in [0.2, 0.25) is 11.8 Å². The van der Waals surface area contributed by atoms with Crippen LogP contribution >= 0.6 is 0 Å². The summed E-state index contributed by atoms with van der Waals surface area (Å²) in [6, 6.07) is 4.74. The van der Waals surface area contributed by atoms with Crippen molar-refractivity contribution in [3.63, 3.8) is 0 Å². The Morgan fingerprint density at radius 1 is 1.13 bits per heavy atom. The lowest BCUT2D eigenvalue weighted by atomic mass is 9.98. The molecule has 4 amide bonds. The third kappa shape index (κ3) is 3.65. The average molecular weight is 412 g/mol. The van der Waals surface area contributed by atoms with Gasteiger partial charge in [0.15, 0.2) is 0 Å². The van der Waals surface area contributed by atoms with Gasteiger partial charge < -0.3 is 5.32 Å². The smallest absolute Gasteiger partial charge is 0.262 e. The monoisotopic (exact) mass is 412 g/mol. The molecule has 3 heterocycles. The summed E-state index contributed by atoms with van der Waals surface area (Å²) in [5, 5.41) is 5.72. The first-order valence-electron chi connectivity index (χ1n) is 10.7. The molecule has 2 unspecified atom stereocenters. The molecule has 3 aliphatic rings. The van der Waals surface area contributed by atoms with Crippen LogP contribution in [0.4, 0.5) is 0 Å². The number of fused-ring (bicyclic) bond motifs is 1. The van der Waals surface area contributed by atoms with Gasteiger partial charge in [-0.15, -0.1) is 0 Å². The predicted molar refractivity (Wildman–Crippen MR) is 110 cm³/mol. The van der Waals surface area contributed by atoms with Crippen LogP contribution in [-0.2, 0) is 16.1 Å². The molecule has 2 N–H and O–H groups in total. The number of nitrogens with one attached hydrogen (secondary N) is 2. The van der Waals surface area contributed by atoms with Crippen molar-refractivity contribution in [3.8, 4) is 0 Å². The number of piperidine rings is 1. The molecule has 0 bridgehead atoms. The number of rotatable bonds is 4. The van der Waals surface area contributed by atoms with Gasteiger partial charge in [-0.1, -0.05) is 26.0 Å². The number of carbonyl (C=O) groups excluding carboxylic acids is 4. The molecule has 2 atom stereocenters. The van der Waals surface area contributed by atoms with Crippen molar-refractivity contribution in [2.45, 2.75) is 51.7 Å². The fraction of sp³-hybridized carbons (Fsp3) is 0.545. The summed E-state index contributed by atoms with van der Waals surface area (Å²) in [6.45, 7) is 7.74. The highest BCUT2D eigenvalue weighted by atomic mass is 16.2. The standard InChI is InChI=1S/C22H28N4O4/c1-13(2)17-11-23-9-4-10-25(17)12-14-5-3-6-15-19(14)22(30)26(21(15)29)16-7-8-18(27)24-20(16)28/h3,5-6,13,16-17,23H,4,7-12H2,1-2H3,(H,24,27,28). The minimum Gasteiger partial charge on any atom is -0.315 e. The lowest BCUT2D eigenvalue weighted by molar-refractivity contribution is -0.136. The predicted octanol–water partition coefficient (Wildman–Crippen LogP) is 0.908. The maximum Gasteiger partial charge on any atom is 0.262 e. The van der Waals surface area contributed by atoms with Crippen LogP contribution in [0.1, 0.15) is 59.4 Å². The number of hydrogen-bond donors (Lipinski definition) is 2. The fourth-order valence-corrected chi connectivity index (χ4v) is 4.74. The van der Waals surface area contributed by atoms with E-state index in [2.05, 4.69) is 29.4 Å². The number of benzene rings is 1. The second-order valence-corrected chi connectivity index (χ2v) is 8.63. The Bertz CT molecular complexity index is 897. The van der Waals surface area contributed by atoms with Gasteiger partial charge in [-0.25, -0.2) is 0 Å². The molecule has 0 radical (unpaired) electrons. The SMILES string of the molecule is CC(C)C1CNCCCN1Cc1cccc2c1C(=O)N(C1CCC(=O)NC1=O)C2=O. The highest BCUT2D eigenvalue weighted by Crippen LogP contribution is 2.31. The van der Waals surface area contributed by atoms with E-state index in [1.54, 1.807) is 12.1 Å².